The summed E-state index contributed by atoms with van der Waals surface area (Å²) in [4.78, 5) is 11.5. The second-order valence-electron chi connectivity index (χ2n) is 5.76. The van der Waals surface area contributed by atoms with E-state index < -0.39 is 16.1 Å². The van der Waals surface area contributed by atoms with Gasteiger partial charge in [0.2, 0.25) is 15.9 Å². The number of carbonyl (C=O) groups excluding carboxylic acids is 1. The molecule has 0 saturated heterocycles. The minimum absolute atomic E-state index is 0.0684. The number of hydrogen-bond donors (Lipinski definition) is 2. The molecule has 3 rings (SSSR count). The van der Waals surface area contributed by atoms with Crippen molar-refractivity contribution in [3.63, 3.8) is 0 Å². The van der Waals surface area contributed by atoms with Crippen LogP contribution in [-0.4, -0.2) is 14.3 Å². The molecular weight excluding hydrogens is 331 g/mol. The number of fused-ring (bicyclic) bond motifs is 1. The van der Waals surface area contributed by atoms with Crippen molar-refractivity contribution < 1.29 is 17.6 Å². The second-order valence-corrected chi connectivity index (χ2v) is 7.48. The Morgan fingerprint density at radius 1 is 1.12 bits per heavy atom. The quantitative estimate of drug-likeness (QED) is 0.892. The van der Waals surface area contributed by atoms with Crippen LogP contribution < -0.4 is 10.0 Å². The van der Waals surface area contributed by atoms with Gasteiger partial charge in [-0.05, 0) is 54.8 Å². The molecule has 2 aromatic carbocycles. The predicted octanol–water partition coefficient (Wildman–Crippen LogP) is 2.75. The van der Waals surface area contributed by atoms with Gasteiger partial charge in [-0.25, -0.2) is 17.5 Å². The molecule has 0 saturated carbocycles. The van der Waals surface area contributed by atoms with E-state index in [1.807, 2.05) is 0 Å². The first-order valence-electron chi connectivity index (χ1n) is 7.56. The fraction of sp³-hybridized carbons (Fsp3) is 0.235. The molecule has 0 radical (unpaired) electrons. The molecule has 24 heavy (non-hydrogen) atoms. The first-order chi connectivity index (χ1) is 11.3. The van der Waals surface area contributed by atoms with Crippen molar-refractivity contribution in [2.75, 3.05) is 5.32 Å². The Morgan fingerprint density at radius 2 is 1.83 bits per heavy atom. The number of carbonyl (C=O) groups is 1. The lowest BCUT2D eigenvalue weighted by molar-refractivity contribution is -0.116. The van der Waals surface area contributed by atoms with Gasteiger partial charge < -0.3 is 5.32 Å². The number of hydrogen-bond acceptors (Lipinski definition) is 3. The van der Waals surface area contributed by atoms with Crippen LogP contribution in [0.1, 0.15) is 30.5 Å². The lowest BCUT2D eigenvalue weighted by Crippen LogP contribution is -2.27. The molecule has 5 nitrogen and oxygen atoms in total. The van der Waals surface area contributed by atoms with Gasteiger partial charge in [0.1, 0.15) is 5.82 Å². The van der Waals surface area contributed by atoms with Crippen molar-refractivity contribution in [1.82, 2.24) is 4.72 Å². The van der Waals surface area contributed by atoms with Crippen LogP contribution in [0.4, 0.5) is 10.1 Å². The maximum absolute atomic E-state index is 13.0. The zero-order chi connectivity index (χ0) is 17.3. The first-order valence-corrected chi connectivity index (χ1v) is 9.04. The predicted molar refractivity (Wildman–Crippen MR) is 88.5 cm³/mol. The van der Waals surface area contributed by atoms with Crippen LogP contribution in [0.15, 0.2) is 47.4 Å². The van der Waals surface area contributed by atoms with E-state index in [2.05, 4.69) is 10.0 Å². The molecule has 1 atom stereocenters. The van der Waals surface area contributed by atoms with Gasteiger partial charge in [0.25, 0.3) is 0 Å². The molecule has 0 aliphatic carbocycles. The third-order valence-electron chi connectivity index (χ3n) is 3.98. The molecule has 0 unspecified atom stereocenters. The van der Waals surface area contributed by atoms with E-state index in [4.69, 9.17) is 0 Å². The van der Waals surface area contributed by atoms with E-state index in [0.717, 1.165) is 5.56 Å². The standard InChI is InChI=1S/C17H17FN2O3S/c1-11(12-2-5-14(18)6-3-12)20-24(22,23)15-7-8-16-13(10-15)4-9-17(21)19-16/h2-3,5-8,10-11,20H,4,9H2,1H3,(H,19,21)/t11-/m0/s1. The largest absolute Gasteiger partial charge is 0.326 e. The Kier molecular flexibility index (Phi) is 4.38. The van der Waals surface area contributed by atoms with Crippen molar-refractivity contribution in [1.29, 1.82) is 0 Å². The first kappa shape index (κ1) is 16.6. The van der Waals surface area contributed by atoms with Crippen molar-refractivity contribution in [3.05, 3.63) is 59.4 Å². The summed E-state index contributed by atoms with van der Waals surface area (Å²) in [6.07, 6.45) is 0.855. The normalized spacial score (nSPS) is 15.5. The molecule has 0 spiro atoms. The molecule has 0 fully saturated rings. The molecule has 0 aromatic heterocycles. The van der Waals surface area contributed by atoms with Crippen LogP contribution in [0.3, 0.4) is 0 Å². The van der Waals surface area contributed by atoms with Crippen LogP contribution in [0.2, 0.25) is 0 Å². The van der Waals surface area contributed by atoms with Gasteiger partial charge in [-0.2, -0.15) is 0 Å². The fourth-order valence-electron chi connectivity index (χ4n) is 2.65. The van der Waals surface area contributed by atoms with Crippen molar-refractivity contribution in [2.45, 2.75) is 30.7 Å². The van der Waals surface area contributed by atoms with Crippen LogP contribution in [0.25, 0.3) is 0 Å². The van der Waals surface area contributed by atoms with Crippen molar-refractivity contribution in [3.8, 4) is 0 Å². The minimum atomic E-state index is -3.72. The zero-order valence-electron chi connectivity index (χ0n) is 13.0. The molecule has 0 bridgehead atoms. The Balaban J connectivity index is 1.82. The molecule has 2 N–H and O–H groups in total. The molecular formula is C17H17FN2O3S. The van der Waals surface area contributed by atoms with Crippen LogP contribution in [0, 0.1) is 5.82 Å². The molecule has 126 valence electrons. The van der Waals surface area contributed by atoms with E-state index in [-0.39, 0.29) is 16.6 Å². The molecule has 2 aromatic rings. The van der Waals surface area contributed by atoms with Gasteiger partial charge in [0, 0.05) is 18.2 Å². The third kappa shape index (κ3) is 3.47. The number of sulfonamides is 1. The topological polar surface area (TPSA) is 75.3 Å². The van der Waals surface area contributed by atoms with E-state index in [9.17, 15) is 17.6 Å². The van der Waals surface area contributed by atoms with Crippen LogP contribution in [-0.2, 0) is 21.2 Å². The van der Waals surface area contributed by atoms with E-state index >= 15 is 0 Å². The highest BCUT2D eigenvalue weighted by Gasteiger charge is 2.22. The monoisotopic (exact) mass is 348 g/mol. The van der Waals surface area contributed by atoms with E-state index in [1.54, 1.807) is 31.2 Å². The number of nitrogens with one attached hydrogen (secondary N) is 2. The fourth-order valence-corrected chi connectivity index (χ4v) is 3.93. The highest BCUT2D eigenvalue weighted by atomic mass is 32.2. The Morgan fingerprint density at radius 3 is 2.54 bits per heavy atom. The third-order valence-corrected chi connectivity index (χ3v) is 5.52. The van der Waals surface area contributed by atoms with Gasteiger partial charge in [0.05, 0.1) is 4.90 Å². The number of aryl methyl sites for hydroxylation is 1. The van der Waals surface area contributed by atoms with E-state index in [0.29, 0.717) is 24.1 Å². The van der Waals surface area contributed by atoms with Gasteiger partial charge in [0.15, 0.2) is 0 Å². The average Bonchev–Trinajstić information content (AvgIpc) is 2.54. The van der Waals surface area contributed by atoms with Gasteiger partial charge in [-0.3, -0.25) is 4.79 Å². The highest BCUT2D eigenvalue weighted by molar-refractivity contribution is 7.89. The lowest BCUT2D eigenvalue weighted by Gasteiger charge is -2.19. The summed E-state index contributed by atoms with van der Waals surface area (Å²) in [5.74, 6) is -0.438. The van der Waals surface area contributed by atoms with Gasteiger partial charge >= 0.3 is 0 Å². The maximum Gasteiger partial charge on any atom is 0.241 e. The molecule has 7 heteroatoms. The van der Waals surface area contributed by atoms with Crippen LogP contribution in [0.5, 0.6) is 0 Å². The summed E-state index contributed by atoms with van der Waals surface area (Å²) >= 11 is 0. The summed E-state index contributed by atoms with van der Waals surface area (Å²) in [5, 5.41) is 2.72. The maximum atomic E-state index is 13.0. The van der Waals surface area contributed by atoms with Crippen LogP contribution >= 0.6 is 0 Å². The summed E-state index contributed by atoms with van der Waals surface area (Å²) in [7, 11) is -3.72. The minimum Gasteiger partial charge on any atom is -0.326 e. The van der Waals surface area contributed by atoms with Gasteiger partial charge in [-0.1, -0.05) is 12.1 Å². The van der Waals surface area contributed by atoms with Crippen molar-refractivity contribution in [2.24, 2.45) is 0 Å². The van der Waals surface area contributed by atoms with E-state index in [1.165, 1.54) is 18.2 Å². The molecule has 1 aliphatic heterocycles. The number of halogens is 1. The second kappa shape index (κ2) is 6.33. The SMILES string of the molecule is C[C@H](NS(=O)(=O)c1ccc2c(c1)CCC(=O)N2)c1ccc(F)cc1. The molecule has 1 amide bonds. The average molecular weight is 348 g/mol. The Bertz CT molecular complexity index is 879. The lowest BCUT2D eigenvalue weighted by atomic mass is 10.0. The summed E-state index contributed by atoms with van der Waals surface area (Å²) in [5.41, 5.74) is 2.12. The summed E-state index contributed by atoms with van der Waals surface area (Å²) < 4.78 is 40.7. The molecule has 1 heterocycles. The van der Waals surface area contributed by atoms with Crippen molar-refractivity contribution >= 4 is 21.6 Å². The zero-order valence-corrected chi connectivity index (χ0v) is 13.9. The summed E-state index contributed by atoms with van der Waals surface area (Å²) in [6, 6.07) is 9.83. The van der Waals surface area contributed by atoms with Gasteiger partial charge in [-0.15, -0.1) is 0 Å². The smallest absolute Gasteiger partial charge is 0.241 e. The molecule has 1 aliphatic rings. The summed E-state index contributed by atoms with van der Waals surface area (Å²) in [6.45, 7) is 1.70. The number of benzene rings is 2. The Hall–Kier alpha value is -2.25. The number of rotatable bonds is 4. The number of amides is 1. The number of anilines is 1. The Labute approximate surface area is 139 Å². The highest BCUT2D eigenvalue weighted by Crippen LogP contribution is 2.26.